The van der Waals surface area contributed by atoms with Crippen LogP contribution in [0.2, 0.25) is 0 Å². The highest BCUT2D eigenvalue weighted by atomic mass is 32.2. The molecule has 1 aromatic heterocycles. The van der Waals surface area contributed by atoms with E-state index in [4.69, 9.17) is 0 Å². The van der Waals surface area contributed by atoms with Crippen LogP contribution < -0.4 is 5.32 Å². The molecule has 1 aromatic carbocycles. The number of nitrogens with one attached hydrogen (secondary N) is 1. The number of benzene rings is 1. The van der Waals surface area contributed by atoms with E-state index in [0.717, 1.165) is 22.8 Å². The monoisotopic (exact) mass is 305 g/mol. The summed E-state index contributed by atoms with van der Waals surface area (Å²) >= 11 is 1.63. The molecular formula is C15H16FN3OS. The average molecular weight is 305 g/mol. The first kappa shape index (κ1) is 15.4. The van der Waals surface area contributed by atoms with Gasteiger partial charge in [0.05, 0.1) is 11.9 Å². The Bertz CT molecular complexity index is 587. The maximum atomic E-state index is 12.7. The van der Waals surface area contributed by atoms with Crippen molar-refractivity contribution in [2.45, 2.75) is 18.2 Å². The summed E-state index contributed by atoms with van der Waals surface area (Å²) in [5, 5.41) is 2.80. The lowest BCUT2D eigenvalue weighted by molar-refractivity contribution is 0.0948. The van der Waals surface area contributed by atoms with Crippen molar-refractivity contribution in [3.05, 3.63) is 53.9 Å². The molecule has 4 nitrogen and oxygen atoms in total. The van der Waals surface area contributed by atoms with Gasteiger partial charge >= 0.3 is 0 Å². The lowest BCUT2D eigenvalue weighted by Gasteiger charge is -2.05. The summed E-state index contributed by atoms with van der Waals surface area (Å²) in [6.07, 6.45) is 3.87. The lowest BCUT2D eigenvalue weighted by atomic mass is 10.3. The summed E-state index contributed by atoms with van der Waals surface area (Å²) < 4.78 is 12.7. The van der Waals surface area contributed by atoms with E-state index < -0.39 is 0 Å². The van der Waals surface area contributed by atoms with Gasteiger partial charge in [-0.1, -0.05) is 0 Å². The van der Waals surface area contributed by atoms with Crippen molar-refractivity contribution in [3.8, 4) is 0 Å². The Balaban J connectivity index is 1.66. The molecule has 1 amide bonds. The lowest BCUT2D eigenvalue weighted by Crippen LogP contribution is -2.25. The van der Waals surface area contributed by atoms with Gasteiger partial charge in [-0.05, 0) is 43.4 Å². The van der Waals surface area contributed by atoms with Crippen LogP contribution in [0.15, 0.2) is 41.6 Å². The number of amides is 1. The predicted molar refractivity (Wildman–Crippen MR) is 80.8 cm³/mol. The van der Waals surface area contributed by atoms with Crippen molar-refractivity contribution in [1.29, 1.82) is 0 Å². The van der Waals surface area contributed by atoms with Crippen LogP contribution in [0.4, 0.5) is 4.39 Å². The molecule has 110 valence electrons. The molecule has 0 aliphatic rings. The highest BCUT2D eigenvalue weighted by Crippen LogP contribution is 2.18. The molecule has 0 aliphatic heterocycles. The SMILES string of the molecule is Cc1cnc(C(=O)NCCCSc2ccc(F)cc2)cn1. The topological polar surface area (TPSA) is 54.9 Å². The Kier molecular flexibility index (Phi) is 5.68. The average Bonchev–Trinajstić information content (AvgIpc) is 2.49. The van der Waals surface area contributed by atoms with Gasteiger partial charge in [0.15, 0.2) is 0 Å². The maximum Gasteiger partial charge on any atom is 0.271 e. The van der Waals surface area contributed by atoms with Gasteiger partial charge in [-0.2, -0.15) is 0 Å². The van der Waals surface area contributed by atoms with Crippen LogP contribution in [0.25, 0.3) is 0 Å². The summed E-state index contributed by atoms with van der Waals surface area (Å²) in [5.41, 5.74) is 1.11. The normalized spacial score (nSPS) is 10.4. The minimum Gasteiger partial charge on any atom is -0.351 e. The molecule has 0 radical (unpaired) electrons. The van der Waals surface area contributed by atoms with Gasteiger partial charge in [-0.15, -0.1) is 11.8 Å². The highest BCUT2D eigenvalue weighted by molar-refractivity contribution is 7.99. The van der Waals surface area contributed by atoms with Gasteiger partial charge in [0, 0.05) is 17.6 Å². The zero-order chi connectivity index (χ0) is 15.1. The molecule has 0 fully saturated rings. The second kappa shape index (κ2) is 7.73. The number of halogens is 1. The van der Waals surface area contributed by atoms with E-state index in [-0.39, 0.29) is 11.7 Å². The first-order valence-corrected chi connectivity index (χ1v) is 7.59. The van der Waals surface area contributed by atoms with E-state index >= 15 is 0 Å². The number of hydrogen-bond donors (Lipinski definition) is 1. The van der Waals surface area contributed by atoms with Crippen molar-refractivity contribution >= 4 is 17.7 Å². The smallest absolute Gasteiger partial charge is 0.271 e. The van der Waals surface area contributed by atoms with E-state index in [9.17, 15) is 9.18 Å². The fraction of sp³-hybridized carbons (Fsp3) is 0.267. The van der Waals surface area contributed by atoms with Gasteiger partial charge in [-0.3, -0.25) is 9.78 Å². The number of carbonyl (C=O) groups excluding carboxylic acids is 1. The molecule has 0 saturated heterocycles. The summed E-state index contributed by atoms with van der Waals surface area (Å²) in [7, 11) is 0. The molecule has 1 N–H and O–H groups in total. The third kappa shape index (κ3) is 5.15. The van der Waals surface area contributed by atoms with Gasteiger partial charge in [-0.25, -0.2) is 9.37 Å². The molecule has 0 atom stereocenters. The first-order valence-electron chi connectivity index (χ1n) is 6.60. The number of thioether (sulfide) groups is 1. The quantitative estimate of drug-likeness (QED) is 0.658. The van der Waals surface area contributed by atoms with E-state index in [1.807, 2.05) is 6.92 Å². The van der Waals surface area contributed by atoms with Gasteiger partial charge in [0.25, 0.3) is 5.91 Å². The Labute approximate surface area is 127 Å². The Morgan fingerprint density at radius 1 is 1.24 bits per heavy atom. The zero-order valence-electron chi connectivity index (χ0n) is 11.7. The fourth-order valence-corrected chi connectivity index (χ4v) is 2.45. The number of hydrogen-bond acceptors (Lipinski definition) is 4. The summed E-state index contributed by atoms with van der Waals surface area (Å²) in [5.74, 6) is 0.408. The summed E-state index contributed by atoms with van der Waals surface area (Å²) in [4.78, 5) is 20.8. The number of aromatic nitrogens is 2. The van der Waals surface area contributed by atoms with E-state index in [0.29, 0.717) is 12.2 Å². The minimum atomic E-state index is -0.231. The number of aryl methyl sites for hydroxylation is 1. The fourth-order valence-electron chi connectivity index (χ4n) is 1.60. The summed E-state index contributed by atoms with van der Waals surface area (Å²) in [6.45, 7) is 2.39. The molecular weight excluding hydrogens is 289 g/mol. The van der Waals surface area contributed by atoms with Crippen LogP contribution in [0.1, 0.15) is 22.6 Å². The summed E-state index contributed by atoms with van der Waals surface area (Å²) in [6, 6.07) is 6.39. The third-order valence-electron chi connectivity index (χ3n) is 2.70. The molecule has 0 unspecified atom stereocenters. The van der Waals surface area contributed by atoms with Crippen LogP contribution in [0.3, 0.4) is 0 Å². The molecule has 0 aliphatic carbocycles. The third-order valence-corrected chi connectivity index (χ3v) is 3.80. The zero-order valence-corrected chi connectivity index (χ0v) is 12.5. The molecule has 0 saturated carbocycles. The van der Waals surface area contributed by atoms with Gasteiger partial charge in [0.1, 0.15) is 11.5 Å². The predicted octanol–water partition coefficient (Wildman–Crippen LogP) is 2.84. The van der Waals surface area contributed by atoms with Crippen LogP contribution in [0.5, 0.6) is 0 Å². The van der Waals surface area contributed by atoms with E-state index in [1.54, 1.807) is 30.1 Å². The number of rotatable bonds is 6. The van der Waals surface area contributed by atoms with E-state index in [2.05, 4.69) is 15.3 Å². The van der Waals surface area contributed by atoms with Gasteiger partial charge < -0.3 is 5.32 Å². The van der Waals surface area contributed by atoms with E-state index in [1.165, 1.54) is 18.3 Å². The molecule has 2 aromatic rings. The molecule has 2 rings (SSSR count). The standard InChI is InChI=1S/C15H16FN3OS/c1-11-9-19-14(10-18-11)15(20)17-7-2-8-21-13-5-3-12(16)4-6-13/h3-6,9-10H,2,7-8H2,1H3,(H,17,20). The van der Waals surface area contributed by atoms with Gasteiger partial charge in [0.2, 0.25) is 0 Å². The molecule has 0 bridgehead atoms. The molecule has 6 heteroatoms. The van der Waals surface area contributed by atoms with Crippen molar-refractivity contribution < 1.29 is 9.18 Å². The minimum absolute atomic E-state index is 0.214. The van der Waals surface area contributed by atoms with Crippen molar-refractivity contribution in [3.63, 3.8) is 0 Å². The molecule has 0 spiro atoms. The van der Waals surface area contributed by atoms with Crippen LogP contribution in [-0.4, -0.2) is 28.2 Å². The van der Waals surface area contributed by atoms with Crippen molar-refractivity contribution in [1.82, 2.24) is 15.3 Å². The first-order chi connectivity index (χ1) is 10.1. The molecule has 1 heterocycles. The second-order valence-electron chi connectivity index (χ2n) is 4.45. The van der Waals surface area contributed by atoms with Crippen LogP contribution in [0, 0.1) is 12.7 Å². The Morgan fingerprint density at radius 2 is 2.00 bits per heavy atom. The van der Waals surface area contributed by atoms with Crippen LogP contribution >= 0.6 is 11.8 Å². The second-order valence-corrected chi connectivity index (χ2v) is 5.62. The van der Waals surface area contributed by atoms with Crippen LogP contribution in [-0.2, 0) is 0 Å². The maximum absolute atomic E-state index is 12.7. The van der Waals surface area contributed by atoms with Crippen molar-refractivity contribution in [2.75, 3.05) is 12.3 Å². The largest absolute Gasteiger partial charge is 0.351 e. The number of carbonyl (C=O) groups is 1. The highest BCUT2D eigenvalue weighted by Gasteiger charge is 2.06. The number of nitrogens with zero attached hydrogens (tertiary/aromatic N) is 2. The van der Waals surface area contributed by atoms with Crippen molar-refractivity contribution in [2.24, 2.45) is 0 Å². The Hall–Kier alpha value is -1.95. The molecule has 21 heavy (non-hydrogen) atoms. The Morgan fingerprint density at radius 3 is 2.67 bits per heavy atom.